The topological polar surface area (TPSA) is 0 Å². The molecule has 3 atom stereocenters. The molecule has 0 fully saturated rings. The van der Waals surface area contributed by atoms with E-state index in [4.69, 9.17) is 0 Å². The lowest BCUT2D eigenvalue weighted by molar-refractivity contribution is 0.589. The van der Waals surface area contributed by atoms with Crippen LogP contribution in [0.2, 0.25) is 0 Å². The van der Waals surface area contributed by atoms with Gasteiger partial charge in [-0.05, 0) is 58.3 Å². The van der Waals surface area contributed by atoms with Gasteiger partial charge in [0.05, 0.1) is 0 Å². The van der Waals surface area contributed by atoms with E-state index in [9.17, 15) is 0 Å². The molecule has 4 aliphatic rings. The van der Waals surface area contributed by atoms with Crippen molar-refractivity contribution in [3.63, 3.8) is 0 Å². The molecular formula is C26H24. The van der Waals surface area contributed by atoms with Gasteiger partial charge in [-0.25, -0.2) is 0 Å². The van der Waals surface area contributed by atoms with Crippen LogP contribution in [0.1, 0.15) is 37.3 Å². The van der Waals surface area contributed by atoms with Crippen molar-refractivity contribution in [2.24, 2.45) is 11.8 Å². The monoisotopic (exact) mass is 336 g/mol. The highest BCUT2D eigenvalue weighted by Crippen LogP contribution is 2.49. The molecule has 0 spiro atoms. The fraction of sp³-hybridized carbons (Fsp3) is 0.231. The summed E-state index contributed by atoms with van der Waals surface area (Å²) in [7, 11) is 0. The predicted octanol–water partition coefficient (Wildman–Crippen LogP) is 6.69. The summed E-state index contributed by atoms with van der Waals surface area (Å²) < 4.78 is 0. The number of hydrogen-bond acceptors (Lipinski definition) is 0. The van der Waals surface area contributed by atoms with Crippen LogP contribution >= 0.6 is 0 Å². The van der Waals surface area contributed by atoms with E-state index in [1.54, 1.807) is 0 Å². The van der Waals surface area contributed by atoms with Gasteiger partial charge in [0.15, 0.2) is 0 Å². The van der Waals surface area contributed by atoms with Crippen molar-refractivity contribution >= 4 is 5.57 Å². The molecule has 1 aromatic rings. The Morgan fingerprint density at radius 3 is 2.81 bits per heavy atom. The predicted molar refractivity (Wildman–Crippen MR) is 111 cm³/mol. The molecule has 0 nitrogen and oxygen atoms in total. The molecule has 26 heavy (non-hydrogen) atoms. The molecule has 0 bridgehead atoms. The highest BCUT2D eigenvalue weighted by atomic mass is 14.4. The first-order valence-electron chi connectivity index (χ1n) is 9.69. The third-order valence-electron chi connectivity index (χ3n) is 6.42. The molecule has 0 amide bonds. The zero-order valence-corrected chi connectivity index (χ0v) is 15.4. The first kappa shape index (κ1) is 15.6. The summed E-state index contributed by atoms with van der Waals surface area (Å²) in [5, 5.41) is 0. The SMILES string of the molecule is CC1=C2C=CC=C(C3=CC4=CC=CCC4C=C3)C2C(C)c2ccccc21. The van der Waals surface area contributed by atoms with Crippen LogP contribution in [0.5, 0.6) is 0 Å². The first-order chi connectivity index (χ1) is 12.7. The van der Waals surface area contributed by atoms with Crippen LogP contribution in [-0.4, -0.2) is 0 Å². The van der Waals surface area contributed by atoms with Crippen LogP contribution in [0.15, 0.2) is 101 Å². The number of hydrogen-bond donors (Lipinski definition) is 0. The zero-order chi connectivity index (χ0) is 17.7. The molecule has 128 valence electrons. The van der Waals surface area contributed by atoms with Crippen molar-refractivity contribution in [3.8, 4) is 0 Å². The smallest absolute Gasteiger partial charge is 0.0164 e. The summed E-state index contributed by atoms with van der Waals surface area (Å²) in [6.45, 7) is 4.68. The van der Waals surface area contributed by atoms with Crippen LogP contribution in [0.25, 0.3) is 5.57 Å². The Morgan fingerprint density at radius 1 is 1.00 bits per heavy atom. The second kappa shape index (κ2) is 5.99. The minimum absolute atomic E-state index is 0.446. The maximum atomic E-state index is 2.42. The van der Waals surface area contributed by atoms with Crippen molar-refractivity contribution in [1.29, 1.82) is 0 Å². The maximum Gasteiger partial charge on any atom is 0.0164 e. The fourth-order valence-corrected chi connectivity index (χ4v) is 5.01. The summed E-state index contributed by atoms with van der Waals surface area (Å²) in [6.07, 6.45) is 21.9. The average molecular weight is 336 g/mol. The Balaban J connectivity index is 1.62. The Kier molecular flexibility index (Phi) is 3.60. The lowest BCUT2D eigenvalue weighted by Crippen LogP contribution is -2.23. The van der Waals surface area contributed by atoms with Crippen molar-refractivity contribution < 1.29 is 0 Å². The van der Waals surface area contributed by atoms with E-state index in [0.29, 0.717) is 17.8 Å². The van der Waals surface area contributed by atoms with Gasteiger partial charge in [0.25, 0.3) is 0 Å². The second-order valence-electron chi connectivity index (χ2n) is 7.81. The average Bonchev–Trinajstić information content (AvgIpc) is 2.71. The van der Waals surface area contributed by atoms with E-state index in [2.05, 4.69) is 92.8 Å². The molecule has 3 unspecified atom stereocenters. The van der Waals surface area contributed by atoms with E-state index in [1.807, 2.05) is 0 Å². The lowest BCUT2D eigenvalue weighted by Gasteiger charge is -2.38. The van der Waals surface area contributed by atoms with Crippen molar-refractivity contribution in [2.75, 3.05) is 0 Å². The Morgan fingerprint density at radius 2 is 1.88 bits per heavy atom. The molecule has 1 aromatic carbocycles. The highest BCUT2D eigenvalue weighted by Gasteiger charge is 2.35. The normalized spacial score (nSPS) is 28.7. The molecule has 0 aromatic heterocycles. The van der Waals surface area contributed by atoms with Crippen LogP contribution in [-0.2, 0) is 0 Å². The van der Waals surface area contributed by atoms with Crippen molar-refractivity contribution in [1.82, 2.24) is 0 Å². The van der Waals surface area contributed by atoms with Gasteiger partial charge in [0, 0.05) is 11.8 Å². The summed E-state index contributed by atoms with van der Waals surface area (Å²) in [6, 6.07) is 8.93. The quantitative estimate of drug-likeness (QED) is 0.536. The summed E-state index contributed by atoms with van der Waals surface area (Å²) in [5.41, 5.74) is 10.1. The van der Waals surface area contributed by atoms with Gasteiger partial charge < -0.3 is 0 Å². The maximum absolute atomic E-state index is 2.42. The van der Waals surface area contributed by atoms with E-state index < -0.39 is 0 Å². The largest absolute Gasteiger partial charge is 0.0836 e. The van der Waals surface area contributed by atoms with E-state index in [0.717, 1.165) is 6.42 Å². The van der Waals surface area contributed by atoms with Gasteiger partial charge in [-0.3, -0.25) is 0 Å². The standard InChI is InChI=1S/C26H24/c1-17-22-10-5-6-11-23(22)18(2)26-24(17)12-7-13-25(26)21-15-14-19-8-3-4-9-20(19)16-21/h3-7,9-16,18-19,26H,8H2,1-2H3. The molecule has 0 aliphatic heterocycles. The summed E-state index contributed by atoms with van der Waals surface area (Å²) >= 11 is 0. The molecule has 0 saturated carbocycles. The van der Waals surface area contributed by atoms with Gasteiger partial charge in [-0.1, -0.05) is 85.9 Å². The molecule has 0 saturated heterocycles. The zero-order valence-electron chi connectivity index (χ0n) is 15.4. The first-order valence-corrected chi connectivity index (χ1v) is 9.69. The molecule has 0 radical (unpaired) electrons. The van der Waals surface area contributed by atoms with Crippen LogP contribution in [0, 0.1) is 11.8 Å². The third-order valence-corrected chi connectivity index (χ3v) is 6.42. The molecule has 0 N–H and O–H groups in total. The third kappa shape index (κ3) is 2.29. The molecule has 0 heteroatoms. The minimum atomic E-state index is 0.446. The second-order valence-corrected chi connectivity index (χ2v) is 7.81. The molecular weight excluding hydrogens is 312 g/mol. The van der Waals surface area contributed by atoms with Crippen molar-refractivity contribution in [2.45, 2.75) is 26.2 Å². The fourth-order valence-electron chi connectivity index (χ4n) is 5.01. The number of fused-ring (bicyclic) bond motifs is 3. The molecule has 5 rings (SSSR count). The lowest BCUT2D eigenvalue weighted by atomic mass is 9.66. The number of allylic oxidation sites excluding steroid dienone is 14. The Labute approximate surface area is 156 Å². The van der Waals surface area contributed by atoms with Crippen LogP contribution < -0.4 is 0 Å². The Hall–Kier alpha value is -2.60. The molecule has 4 aliphatic carbocycles. The van der Waals surface area contributed by atoms with Crippen LogP contribution in [0.3, 0.4) is 0 Å². The minimum Gasteiger partial charge on any atom is -0.0836 e. The number of benzene rings is 1. The van der Waals surface area contributed by atoms with Gasteiger partial charge >= 0.3 is 0 Å². The molecule has 0 heterocycles. The van der Waals surface area contributed by atoms with E-state index in [1.165, 1.54) is 39.0 Å². The van der Waals surface area contributed by atoms with Crippen LogP contribution in [0.4, 0.5) is 0 Å². The number of rotatable bonds is 1. The Bertz CT molecular complexity index is 985. The summed E-state index contributed by atoms with van der Waals surface area (Å²) in [5.74, 6) is 1.50. The van der Waals surface area contributed by atoms with Gasteiger partial charge in [0.2, 0.25) is 0 Å². The summed E-state index contributed by atoms with van der Waals surface area (Å²) in [4.78, 5) is 0. The van der Waals surface area contributed by atoms with Crippen molar-refractivity contribution in [3.05, 3.63) is 112 Å². The van der Waals surface area contributed by atoms with Gasteiger partial charge in [-0.2, -0.15) is 0 Å². The van der Waals surface area contributed by atoms with Gasteiger partial charge in [-0.15, -0.1) is 0 Å². The van der Waals surface area contributed by atoms with E-state index >= 15 is 0 Å². The highest BCUT2D eigenvalue weighted by molar-refractivity contribution is 5.78. The van der Waals surface area contributed by atoms with Gasteiger partial charge in [0.1, 0.15) is 0 Å². The van der Waals surface area contributed by atoms with E-state index in [-0.39, 0.29) is 0 Å².